The molecule has 0 aliphatic heterocycles. The van der Waals surface area contributed by atoms with Gasteiger partial charge in [0.15, 0.2) is 6.61 Å². The monoisotopic (exact) mass is 432 g/mol. The maximum atomic E-state index is 12.9. The van der Waals surface area contributed by atoms with Crippen LogP contribution in [0.15, 0.2) is 59.1 Å². The lowest BCUT2D eigenvalue weighted by atomic mass is 10.1. The molecule has 0 saturated heterocycles. The Morgan fingerprint density at radius 3 is 2.33 bits per heavy atom. The number of likely N-dealkylation sites (N-methyl/N-ethyl adjacent to an activating group) is 1. The minimum absolute atomic E-state index is 0.121. The van der Waals surface area contributed by atoms with Gasteiger partial charge in [0, 0.05) is 17.6 Å². The molecule has 0 radical (unpaired) electrons. The largest absolute Gasteiger partial charge is 0.484 e. The van der Waals surface area contributed by atoms with Gasteiger partial charge in [0.05, 0.1) is 0 Å². The highest BCUT2D eigenvalue weighted by molar-refractivity contribution is 9.10. The Morgan fingerprint density at radius 2 is 1.74 bits per heavy atom. The third kappa shape index (κ3) is 6.40. The van der Waals surface area contributed by atoms with E-state index in [2.05, 4.69) is 21.2 Å². The minimum Gasteiger partial charge on any atom is -0.484 e. The minimum atomic E-state index is -0.536. The molecule has 0 bridgehead atoms. The predicted octanol–water partition coefficient (Wildman–Crippen LogP) is 3.77. The van der Waals surface area contributed by atoms with Gasteiger partial charge in [0.1, 0.15) is 11.8 Å². The maximum absolute atomic E-state index is 12.9. The molecule has 2 aromatic rings. The van der Waals surface area contributed by atoms with Gasteiger partial charge in [-0.15, -0.1) is 0 Å². The summed E-state index contributed by atoms with van der Waals surface area (Å²) in [6.07, 6.45) is 0.530. The predicted molar refractivity (Wildman–Crippen MR) is 109 cm³/mol. The summed E-state index contributed by atoms with van der Waals surface area (Å²) in [6.45, 7) is 4.53. The van der Waals surface area contributed by atoms with Crippen molar-refractivity contribution in [2.24, 2.45) is 0 Å². The molecular weight excluding hydrogens is 408 g/mol. The van der Waals surface area contributed by atoms with Gasteiger partial charge in [-0.2, -0.15) is 0 Å². The summed E-state index contributed by atoms with van der Waals surface area (Å²) < 4.78 is 6.57. The van der Waals surface area contributed by atoms with Crippen LogP contribution in [0.3, 0.4) is 0 Å². The fourth-order valence-corrected chi connectivity index (χ4v) is 3.01. The van der Waals surface area contributed by atoms with Crippen molar-refractivity contribution in [3.8, 4) is 5.75 Å². The zero-order valence-electron chi connectivity index (χ0n) is 15.7. The van der Waals surface area contributed by atoms with Crippen LogP contribution in [0.25, 0.3) is 0 Å². The van der Waals surface area contributed by atoms with Crippen LogP contribution in [-0.4, -0.2) is 35.9 Å². The average molecular weight is 433 g/mol. The van der Waals surface area contributed by atoms with Crippen molar-refractivity contribution < 1.29 is 14.3 Å². The molecule has 0 aromatic heterocycles. The number of halogens is 1. The van der Waals surface area contributed by atoms with Gasteiger partial charge in [-0.3, -0.25) is 9.59 Å². The summed E-state index contributed by atoms with van der Waals surface area (Å²) in [5.74, 6) is 0.241. The van der Waals surface area contributed by atoms with Crippen LogP contribution in [0.1, 0.15) is 25.8 Å². The molecule has 2 rings (SSSR count). The zero-order chi connectivity index (χ0) is 19.6. The third-order valence-electron chi connectivity index (χ3n) is 4.11. The van der Waals surface area contributed by atoms with Crippen LogP contribution in [0, 0.1) is 0 Å². The van der Waals surface area contributed by atoms with Crippen molar-refractivity contribution in [1.82, 2.24) is 10.2 Å². The summed E-state index contributed by atoms with van der Waals surface area (Å²) in [5.41, 5.74) is 0.970. The number of amides is 2. The summed E-state index contributed by atoms with van der Waals surface area (Å²) >= 11 is 3.37. The van der Waals surface area contributed by atoms with Crippen molar-refractivity contribution in [3.05, 3.63) is 64.6 Å². The summed E-state index contributed by atoms with van der Waals surface area (Å²) in [7, 11) is 0. The summed E-state index contributed by atoms with van der Waals surface area (Å²) in [6, 6.07) is 16.4. The van der Waals surface area contributed by atoms with E-state index in [4.69, 9.17) is 4.74 Å². The Bertz CT molecular complexity index is 735. The maximum Gasteiger partial charge on any atom is 0.261 e. The molecule has 6 heteroatoms. The first-order valence-electron chi connectivity index (χ1n) is 9.04. The van der Waals surface area contributed by atoms with E-state index in [0.29, 0.717) is 25.3 Å². The fraction of sp³-hybridized carbons (Fsp3) is 0.333. The second kappa shape index (κ2) is 10.7. The number of benzene rings is 2. The average Bonchev–Trinajstić information content (AvgIpc) is 2.68. The van der Waals surface area contributed by atoms with Gasteiger partial charge < -0.3 is 15.0 Å². The van der Waals surface area contributed by atoms with Crippen LogP contribution >= 0.6 is 15.9 Å². The fourth-order valence-electron chi connectivity index (χ4n) is 2.75. The van der Waals surface area contributed by atoms with Gasteiger partial charge in [-0.25, -0.2) is 0 Å². The summed E-state index contributed by atoms with van der Waals surface area (Å²) in [4.78, 5) is 27.0. The first kappa shape index (κ1) is 21.0. The van der Waals surface area contributed by atoms with E-state index in [1.165, 1.54) is 0 Å². The molecule has 2 aromatic carbocycles. The van der Waals surface area contributed by atoms with Gasteiger partial charge in [0.2, 0.25) is 5.91 Å². The Kier molecular flexibility index (Phi) is 8.33. The molecule has 0 unspecified atom stereocenters. The van der Waals surface area contributed by atoms with Crippen LogP contribution in [-0.2, 0) is 16.1 Å². The number of hydrogen-bond acceptors (Lipinski definition) is 3. The summed E-state index contributed by atoms with van der Waals surface area (Å²) in [5, 5.41) is 2.82. The van der Waals surface area contributed by atoms with Crippen molar-refractivity contribution >= 4 is 27.7 Å². The van der Waals surface area contributed by atoms with Crippen molar-refractivity contribution in [2.75, 3.05) is 13.2 Å². The lowest BCUT2D eigenvalue weighted by molar-refractivity contribution is -0.142. The molecule has 0 spiro atoms. The number of nitrogens with one attached hydrogen (secondary N) is 1. The Morgan fingerprint density at radius 1 is 1.07 bits per heavy atom. The molecule has 1 atom stereocenters. The zero-order valence-corrected chi connectivity index (χ0v) is 17.2. The van der Waals surface area contributed by atoms with Crippen molar-refractivity contribution in [1.29, 1.82) is 0 Å². The number of ether oxygens (including phenoxy) is 1. The second-order valence-electron chi connectivity index (χ2n) is 6.07. The molecule has 144 valence electrons. The van der Waals surface area contributed by atoms with E-state index in [1.807, 2.05) is 56.3 Å². The number of hydrogen-bond donors (Lipinski definition) is 1. The lowest BCUT2D eigenvalue weighted by Crippen LogP contribution is -2.50. The number of nitrogens with zero attached hydrogens (tertiary/aromatic N) is 1. The van der Waals surface area contributed by atoms with E-state index in [-0.39, 0.29) is 18.4 Å². The van der Waals surface area contributed by atoms with E-state index < -0.39 is 6.04 Å². The van der Waals surface area contributed by atoms with Crippen molar-refractivity contribution in [3.63, 3.8) is 0 Å². The van der Waals surface area contributed by atoms with E-state index in [1.54, 1.807) is 17.0 Å². The normalized spacial score (nSPS) is 11.5. The highest BCUT2D eigenvalue weighted by atomic mass is 79.9. The first-order valence-corrected chi connectivity index (χ1v) is 9.83. The molecule has 0 aliphatic rings. The quantitative estimate of drug-likeness (QED) is 0.655. The molecule has 1 N–H and O–H groups in total. The Hall–Kier alpha value is -2.34. The van der Waals surface area contributed by atoms with Crippen LogP contribution in [0.4, 0.5) is 0 Å². The molecule has 0 heterocycles. The van der Waals surface area contributed by atoms with E-state index in [9.17, 15) is 9.59 Å². The highest BCUT2D eigenvalue weighted by Crippen LogP contribution is 2.17. The highest BCUT2D eigenvalue weighted by Gasteiger charge is 2.28. The van der Waals surface area contributed by atoms with E-state index in [0.717, 1.165) is 10.0 Å². The topological polar surface area (TPSA) is 58.6 Å². The molecule has 27 heavy (non-hydrogen) atoms. The molecular formula is C21H25BrN2O3. The van der Waals surface area contributed by atoms with Gasteiger partial charge >= 0.3 is 0 Å². The van der Waals surface area contributed by atoms with Crippen LogP contribution in [0.5, 0.6) is 5.75 Å². The molecule has 5 nitrogen and oxygen atoms in total. The number of carbonyl (C=O) groups excluding carboxylic acids is 2. The Balaban J connectivity index is 2.14. The second-order valence-corrected chi connectivity index (χ2v) is 6.98. The van der Waals surface area contributed by atoms with Crippen molar-refractivity contribution in [2.45, 2.75) is 32.9 Å². The van der Waals surface area contributed by atoms with Crippen LogP contribution < -0.4 is 10.1 Å². The van der Waals surface area contributed by atoms with Gasteiger partial charge in [-0.05, 0) is 43.2 Å². The standard InChI is InChI=1S/C21H25BrN2O3/c1-3-19(21(26)23-4-2)24(14-16-8-6-5-7-9-16)20(25)15-27-18-12-10-17(22)11-13-18/h5-13,19H,3-4,14-15H2,1-2H3,(H,23,26)/t19-/m1/s1. The number of rotatable bonds is 9. The van der Waals surface area contributed by atoms with Gasteiger partial charge in [-0.1, -0.05) is 53.2 Å². The number of carbonyl (C=O) groups is 2. The lowest BCUT2D eigenvalue weighted by Gasteiger charge is -2.30. The van der Waals surface area contributed by atoms with Gasteiger partial charge in [0.25, 0.3) is 5.91 Å². The SMILES string of the molecule is CCNC(=O)[C@@H](CC)N(Cc1ccccc1)C(=O)COc1ccc(Br)cc1. The molecule has 0 aliphatic carbocycles. The van der Waals surface area contributed by atoms with Crippen LogP contribution in [0.2, 0.25) is 0 Å². The first-order chi connectivity index (χ1) is 13.0. The van der Waals surface area contributed by atoms with E-state index >= 15 is 0 Å². The Labute approximate surface area is 168 Å². The smallest absolute Gasteiger partial charge is 0.261 e. The third-order valence-corrected chi connectivity index (χ3v) is 4.64. The molecule has 0 saturated carbocycles. The molecule has 0 fully saturated rings. The molecule has 2 amide bonds.